The number of hydrogen-bond donors (Lipinski definition) is 35. The van der Waals surface area contributed by atoms with E-state index in [9.17, 15) is 191 Å². The predicted octanol–water partition coefficient (Wildman–Crippen LogP) is -19.8. The molecule has 59 heteroatoms. The number of aromatic nitrogens is 1. The minimum atomic E-state index is -3.85. The van der Waals surface area contributed by atoms with Crippen LogP contribution in [0.25, 0.3) is 0 Å². The molecule has 0 aliphatic carbocycles. The molecule has 0 aromatic carbocycles. The summed E-state index contributed by atoms with van der Waals surface area (Å²) in [5.74, 6) is -29.2. The first-order chi connectivity index (χ1) is 62.9. The van der Waals surface area contributed by atoms with Gasteiger partial charge in [0.25, 0.3) is 23.1 Å². The van der Waals surface area contributed by atoms with E-state index in [-0.39, 0.29) is 5.82 Å². The van der Waals surface area contributed by atoms with Crippen LogP contribution in [0.2, 0.25) is 0 Å². The molecule has 7 fully saturated rings. The number of carboxylic acids is 4. The van der Waals surface area contributed by atoms with Crippen LogP contribution in [0, 0.1) is 0 Å². The fourth-order valence-electron chi connectivity index (χ4n) is 16.6. The minimum Gasteiger partial charge on any atom is -0.477 e. The highest BCUT2D eigenvalue weighted by molar-refractivity contribution is 5.79. The molecule has 0 unspecified atom stereocenters. The number of pyridine rings is 1. The molecule has 5 amide bonds. The third kappa shape index (κ3) is 25.4. The molecule has 8 heterocycles. The number of carboxylic acid groups (broad SMARTS) is 4. The van der Waals surface area contributed by atoms with Crippen LogP contribution >= 0.6 is 0 Å². The molecule has 0 spiro atoms. The Morgan fingerprint density at radius 1 is 0.396 bits per heavy atom. The third-order valence-electron chi connectivity index (χ3n) is 23.2. The van der Waals surface area contributed by atoms with Crippen LogP contribution in [0.5, 0.6) is 0 Å². The number of carbonyl (C=O) groups is 9. The van der Waals surface area contributed by atoms with Gasteiger partial charge >= 0.3 is 23.9 Å². The molecule has 0 radical (unpaired) electrons. The van der Waals surface area contributed by atoms with Gasteiger partial charge in [-0.1, -0.05) is 6.07 Å². The van der Waals surface area contributed by atoms with E-state index in [1.807, 2.05) is 0 Å². The normalized spacial score (nSPS) is 38.6. The fourth-order valence-corrected chi connectivity index (χ4v) is 16.6. The molecule has 43 atom stereocenters. The number of ether oxygens (including phenoxy) is 14. The van der Waals surface area contributed by atoms with Gasteiger partial charge in [0.15, 0.2) is 18.9 Å². The van der Waals surface area contributed by atoms with Crippen molar-refractivity contribution in [2.24, 2.45) is 0 Å². The summed E-state index contributed by atoms with van der Waals surface area (Å²) in [7, 11) is 0. The predicted molar refractivity (Wildman–Crippen MR) is 419 cm³/mol. The smallest absolute Gasteiger partial charge is 0.364 e. The summed E-state index contributed by atoms with van der Waals surface area (Å²) in [4.78, 5) is 123. The van der Waals surface area contributed by atoms with Crippen molar-refractivity contribution in [3.8, 4) is 0 Å². The highest BCUT2D eigenvalue weighted by Gasteiger charge is 2.67. The van der Waals surface area contributed by atoms with E-state index in [0.29, 0.717) is 0 Å². The van der Waals surface area contributed by atoms with Crippen molar-refractivity contribution in [1.29, 1.82) is 0 Å². The van der Waals surface area contributed by atoms with E-state index in [1.54, 1.807) is 0 Å². The number of nitrogens with one attached hydrogen (secondary N) is 6. The van der Waals surface area contributed by atoms with Crippen molar-refractivity contribution in [3.05, 3.63) is 24.4 Å². The summed E-state index contributed by atoms with van der Waals surface area (Å²) in [6.45, 7) is -8.14. The topological polar surface area (TPSA) is 955 Å². The molecule has 7 aliphatic rings. The first kappa shape index (κ1) is 112. The van der Waals surface area contributed by atoms with E-state index in [1.165, 1.54) is 24.4 Å². The molecule has 59 nitrogen and oxygen atoms in total. The van der Waals surface area contributed by atoms with Crippen LogP contribution < -0.4 is 31.9 Å². The second-order valence-corrected chi connectivity index (χ2v) is 32.9. The van der Waals surface area contributed by atoms with E-state index < -0.39 is 400 Å². The molecule has 134 heavy (non-hydrogen) atoms. The number of anilines is 1. The lowest BCUT2D eigenvalue weighted by Gasteiger charge is -2.53. The minimum absolute atomic E-state index is 0.0857. The average molecular weight is 1950 g/mol. The Bertz CT molecular complexity index is 4020. The fraction of sp³-hybridized carbons (Fsp3) is 0.813. The second-order valence-electron chi connectivity index (χ2n) is 32.9. The van der Waals surface area contributed by atoms with Crippen molar-refractivity contribution in [1.82, 2.24) is 31.6 Å². The summed E-state index contributed by atoms with van der Waals surface area (Å²) >= 11 is 0. The van der Waals surface area contributed by atoms with E-state index >= 15 is 0 Å². The molecule has 0 bridgehead atoms. The van der Waals surface area contributed by atoms with Crippen LogP contribution in [0.1, 0.15) is 60.3 Å². The monoisotopic (exact) mass is 1950 g/mol. The summed E-state index contributed by atoms with van der Waals surface area (Å²) in [6.07, 6.45) is -89.9. The third-order valence-corrected chi connectivity index (χ3v) is 23.2. The molecule has 1 aromatic heterocycles. The first-order valence-corrected chi connectivity index (χ1v) is 41.6. The molecule has 7 saturated heterocycles. The number of aliphatic hydroxyl groups is 25. The Morgan fingerprint density at radius 2 is 0.739 bits per heavy atom. The molecule has 1 aromatic rings. The van der Waals surface area contributed by atoms with Crippen LogP contribution in [0.3, 0.4) is 0 Å². The van der Waals surface area contributed by atoms with Gasteiger partial charge in [-0.15, -0.1) is 0 Å². The standard InChI is InChI=1S/C75H119N7O52/c1-23(91)78-42-28(96)10-72(68(113)114,129-59(42)48(105)33(101)15-83)127-38(20-88)52(109)61-44(80-25(3)93)30(98)12-74(131-61,70(117)118)133-63-51(108)37(19-87)122-66(54(63)111)126-58-46(82-27(5)95)65(121-36(18-86)50(58)107)125-57-40(22-90)123-67(124-56(35(103)17-85)47(104)32(100)14-77-41-8-6-7-9-76-41)55(112)64(57)134-75(71(119)120)13-31(99)45(81-26(4)94)62(132-75)53(110)39(21-89)128-73(69(115)116)11-29(97)43(79-24(2)92)60(130-73)49(106)34(102)16-84/h6-9,28-40,42-67,83-90,96-112H,10-22H2,1-5H3,(H,76,77)(H,78,91)(H,79,92)(H,80,93)(H,81,94)(H,82,95)(H,113,114)(H,115,116)(H,117,118)(H,119,120)/t28-,29-,30-,31-,32-,33+,34+,35+,36+,37+,38+,39+,40+,42+,43+,44+,45+,46+,47+,48+,49+,50-,51-,52+,53+,54+,55+,56+,57-,58+,59+,60+,61+,62+,63-,64+,65-,66-,67-,72+,73+,74-,75-/m0/s1. The first-order valence-electron chi connectivity index (χ1n) is 41.6. The lowest BCUT2D eigenvalue weighted by atomic mass is 9.87. The maximum absolute atomic E-state index is 14.4. The number of aliphatic hydroxyl groups excluding tert-OH is 25. The average Bonchev–Trinajstić information content (AvgIpc) is 0.746. The van der Waals surface area contributed by atoms with Crippen LogP contribution in [0.4, 0.5) is 5.82 Å². The van der Waals surface area contributed by atoms with Crippen molar-refractivity contribution >= 4 is 59.2 Å². The van der Waals surface area contributed by atoms with Crippen molar-refractivity contribution in [2.45, 2.75) is 322 Å². The van der Waals surface area contributed by atoms with Gasteiger partial charge in [0.2, 0.25) is 29.5 Å². The molecule has 7 aliphatic heterocycles. The molecule has 35 N–H and O–H groups in total. The summed E-state index contributed by atoms with van der Waals surface area (Å²) < 4.78 is 82.8. The van der Waals surface area contributed by atoms with Gasteiger partial charge in [0.1, 0.15) is 171 Å². The summed E-state index contributed by atoms with van der Waals surface area (Å²) in [5, 5.41) is 342. The zero-order valence-corrected chi connectivity index (χ0v) is 71.8. The van der Waals surface area contributed by atoms with Crippen LogP contribution in [-0.4, -0.2) is 527 Å². The van der Waals surface area contributed by atoms with Crippen molar-refractivity contribution < 1.29 is 258 Å². The van der Waals surface area contributed by atoms with Gasteiger partial charge in [0, 0.05) is 73.0 Å². The van der Waals surface area contributed by atoms with E-state index in [4.69, 9.17) is 66.3 Å². The Labute approximate surface area is 757 Å². The maximum atomic E-state index is 14.4. The van der Waals surface area contributed by atoms with Gasteiger partial charge < -0.3 is 246 Å². The van der Waals surface area contributed by atoms with Gasteiger partial charge in [-0.2, -0.15) is 0 Å². The number of carbonyl (C=O) groups excluding carboxylic acids is 5. The Hall–Kier alpha value is -7.38. The largest absolute Gasteiger partial charge is 0.477 e. The van der Waals surface area contributed by atoms with Crippen LogP contribution in [-0.2, 0) is 109 Å². The molecular formula is C75H119N7O52. The van der Waals surface area contributed by atoms with E-state index in [2.05, 4.69) is 36.9 Å². The molecule has 8 rings (SSSR count). The molecular weight excluding hydrogens is 1830 g/mol. The lowest BCUT2D eigenvalue weighted by molar-refractivity contribution is -0.401. The highest BCUT2D eigenvalue weighted by atomic mass is 16.8. The number of rotatable bonds is 45. The van der Waals surface area contributed by atoms with Gasteiger partial charge in [-0.25, -0.2) is 24.2 Å². The van der Waals surface area contributed by atoms with Crippen molar-refractivity contribution in [2.75, 3.05) is 64.7 Å². The Kier molecular flexibility index (Phi) is 40.1. The zero-order chi connectivity index (χ0) is 100. The maximum Gasteiger partial charge on any atom is 0.364 e. The van der Waals surface area contributed by atoms with Crippen LogP contribution in [0.15, 0.2) is 24.4 Å². The van der Waals surface area contributed by atoms with Gasteiger partial charge in [0.05, 0.1) is 108 Å². The number of amides is 5. The van der Waals surface area contributed by atoms with E-state index in [0.717, 1.165) is 34.6 Å². The molecule has 766 valence electrons. The number of hydrogen-bond acceptors (Lipinski definition) is 50. The second kappa shape index (κ2) is 48.0. The SMILES string of the molecule is CC(=O)N[C@H]1[C@H](O[C@@H]2[C@H](O[C@]3(C(=O)O)C[C@H](O)[C@@H](NC(C)=O)[C@H]([C@H](O)[C@@H](CO)O[C@]4(C(=O)O)C[C@H](O)[C@@H](NC(C)=O)[C@H]([C@H](O)[C@H](O)CO)O4)O3)[C@@H](O)[C@H](O[C@@H]([C@H](O)[C@@H](O)CNc3ccccn3)[C@H](O)CO)O[C@@H]2CO)O[C@H](CO)[C@H](O)[C@@H]1O[C@@H]1O[C@H](CO)[C@H](O)[C@H](O[C@]2(C(=O)O)C[C@H](O)[C@@H](NC(C)=O)[C@H]([C@H](O)[C@@H](CO)O[C@]3(C(=O)O)C[C@H](O)[C@@H](NC(C)=O)[C@H]([C@H](O)[C@H](O)CO)O3)O2)[C@H]1O. The lowest BCUT2D eigenvalue weighted by Crippen LogP contribution is -2.73. The Balaban J connectivity index is 1.20. The number of nitrogens with zero attached hydrogens (tertiary/aromatic N) is 1. The quantitative estimate of drug-likeness (QED) is 0.0288. The zero-order valence-electron chi connectivity index (χ0n) is 71.8. The van der Waals surface area contributed by atoms with Gasteiger partial charge in [-0.05, 0) is 12.1 Å². The highest BCUT2D eigenvalue weighted by Crippen LogP contribution is 2.45. The van der Waals surface area contributed by atoms with Crippen molar-refractivity contribution in [3.63, 3.8) is 0 Å². The Morgan fingerprint density at radius 3 is 1.10 bits per heavy atom. The van der Waals surface area contributed by atoms with Gasteiger partial charge in [-0.3, -0.25) is 24.0 Å². The summed E-state index contributed by atoms with van der Waals surface area (Å²) in [5.41, 5.74) is 0. The number of aliphatic carboxylic acids is 4. The molecule has 0 saturated carbocycles. The summed E-state index contributed by atoms with van der Waals surface area (Å²) in [6, 6.07) is -6.02.